The lowest BCUT2D eigenvalue weighted by Gasteiger charge is -2.28. The van der Waals surface area contributed by atoms with Crippen LogP contribution >= 0.6 is 0 Å². The molecule has 9 heteroatoms. The van der Waals surface area contributed by atoms with Crippen molar-refractivity contribution in [1.29, 1.82) is 5.26 Å². The van der Waals surface area contributed by atoms with E-state index in [9.17, 15) is 22.8 Å². The van der Waals surface area contributed by atoms with Crippen molar-refractivity contribution >= 4 is 0 Å². The molecule has 0 amide bonds. The minimum Gasteiger partial charge on any atom is -0.490 e. The Morgan fingerprint density at radius 3 is 2.62 bits per heavy atom. The number of aromatic nitrogens is 2. The number of hydrogen-bond acceptors (Lipinski definition) is 4. The van der Waals surface area contributed by atoms with E-state index in [-0.39, 0.29) is 18.5 Å². The fourth-order valence-electron chi connectivity index (χ4n) is 3.47. The highest BCUT2D eigenvalue weighted by atomic mass is 19.4. The lowest BCUT2D eigenvalue weighted by molar-refractivity contribution is -0.180. The highest BCUT2D eigenvalue weighted by Crippen LogP contribution is 2.44. The Kier molecular flexibility index (Phi) is 4.48. The highest BCUT2D eigenvalue weighted by Gasteiger charge is 2.49. The van der Waals surface area contributed by atoms with E-state index in [2.05, 4.69) is 11.1 Å². The normalized spacial score (nSPS) is 18.9. The van der Waals surface area contributed by atoms with Crippen LogP contribution in [0.2, 0.25) is 0 Å². The Morgan fingerprint density at radius 2 is 2.03 bits per heavy atom. The second-order valence-electron chi connectivity index (χ2n) is 7.94. The van der Waals surface area contributed by atoms with E-state index in [0.29, 0.717) is 24.2 Å². The summed E-state index contributed by atoms with van der Waals surface area (Å²) in [4.78, 5) is 4.21. The van der Waals surface area contributed by atoms with Gasteiger partial charge in [-0.3, -0.25) is 4.57 Å². The second-order valence-corrected chi connectivity index (χ2v) is 7.94. The van der Waals surface area contributed by atoms with Gasteiger partial charge in [-0.05, 0) is 32.8 Å². The lowest BCUT2D eigenvalue weighted by atomic mass is 9.83. The molecule has 0 radical (unpaired) electrons. The number of rotatable bonds is 5. The van der Waals surface area contributed by atoms with Crippen LogP contribution in [-0.4, -0.2) is 28.4 Å². The molecule has 1 saturated carbocycles. The second kappa shape index (κ2) is 6.65. The first kappa shape index (κ1) is 19.6. The number of imidazole rings is 1. The number of halogens is 4. The molecule has 0 unspecified atom stereocenters. The molecule has 29 heavy (non-hydrogen) atoms. The van der Waals surface area contributed by atoms with Crippen LogP contribution in [0.4, 0.5) is 17.6 Å². The molecule has 1 atom stereocenters. The molecular weight excluding hydrogens is 390 g/mol. The van der Waals surface area contributed by atoms with Gasteiger partial charge in [-0.2, -0.15) is 23.4 Å². The topological polar surface area (TPSA) is 60.1 Å². The molecule has 1 aromatic heterocycles. The third-order valence-corrected chi connectivity index (χ3v) is 5.46. The molecule has 2 aromatic rings. The molecule has 2 heterocycles. The Bertz CT molecular complexity index is 987. The van der Waals surface area contributed by atoms with Crippen LogP contribution in [-0.2, 0) is 12.0 Å². The maximum absolute atomic E-state index is 14.3. The minimum atomic E-state index is -4.57. The van der Waals surface area contributed by atoms with Crippen molar-refractivity contribution in [2.75, 3.05) is 6.61 Å². The monoisotopic (exact) mass is 409 g/mol. The zero-order valence-corrected chi connectivity index (χ0v) is 15.9. The molecule has 1 fully saturated rings. The lowest BCUT2D eigenvalue weighted by Crippen LogP contribution is -2.37. The van der Waals surface area contributed by atoms with Crippen molar-refractivity contribution in [3.05, 3.63) is 41.0 Å². The summed E-state index contributed by atoms with van der Waals surface area (Å²) >= 11 is 0. The third-order valence-electron chi connectivity index (χ3n) is 5.46. The molecule has 2 aliphatic rings. The fraction of sp³-hybridized carbons (Fsp3) is 0.500. The van der Waals surface area contributed by atoms with Gasteiger partial charge in [0.15, 0.2) is 11.8 Å². The summed E-state index contributed by atoms with van der Waals surface area (Å²) in [6.45, 7) is 2.41. The molecule has 0 bridgehead atoms. The molecule has 4 rings (SSSR count). The van der Waals surface area contributed by atoms with Gasteiger partial charge in [0, 0.05) is 17.5 Å². The number of benzene rings is 1. The number of nitrogens with zero attached hydrogens (tertiary/aromatic N) is 3. The number of nitriles is 1. The van der Waals surface area contributed by atoms with Gasteiger partial charge in [-0.15, -0.1) is 0 Å². The molecule has 1 aromatic carbocycles. The predicted octanol–water partition coefficient (Wildman–Crippen LogP) is 4.45. The van der Waals surface area contributed by atoms with E-state index in [0.717, 1.165) is 44.5 Å². The van der Waals surface area contributed by atoms with Crippen LogP contribution in [0.15, 0.2) is 18.2 Å². The summed E-state index contributed by atoms with van der Waals surface area (Å²) in [5.41, 5.74) is -1.48. The third kappa shape index (κ3) is 3.41. The minimum absolute atomic E-state index is 0.0802. The fourth-order valence-corrected chi connectivity index (χ4v) is 3.47. The predicted molar refractivity (Wildman–Crippen MR) is 94.3 cm³/mol. The summed E-state index contributed by atoms with van der Waals surface area (Å²) in [7, 11) is 0. The van der Waals surface area contributed by atoms with Crippen LogP contribution < -0.4 is 9.47 Å². The average molecular weight is 409 g/mol. The molecule has 1 aliphatic carbocycles. The van der Waals surface area contributed by atoms with Gasteiger partial charge in [-0.25, -0.2) is 4.39 Å². The Morgan fingerprint density at radius 1 is 1.31 bits per heavy atom. The van der Waals surface area contributed by atoms with Crippen molar-refractivity contribution in [1.82, 2.24) is 9.55 Å². The summed E-state index contributed by atoms with van der Waals surface area (Å²) in [5.74, 6) is -0.523. The van der Waals surface area contributed by atoms with E-state index in [1.54, 1.807) is 0 Å². The van der Waals surface area contributed by atoms with E-state index in [1.807, 2.05) is 4.57 Å². The van der Waals surface area contributed by atoms with Gasteiger partial charge < -0.3 is 9.47 Å². The molecule has 0 saturated heterocycles. The van der Waals surface area contributed by atoms with Gasteiger partial charge in [0.2, 0.25) is 0 Å². The Labute approximate surface area is 164 Å². The number of alkyl halides is 3. The van der Waals surface area contributed by atoms with Gasteiger partial charge >= 0.3 is 6.18 Å². The SMILES string of the molecule is CC(C)(c1ccc(OC[C@@H]2Cn3c(nc(C#N)c3C3CC3)O2)cc1F)C(F)(F)F. The molecule has 0 N–H and O–H groups in total. The standard InChI is InChI=1S/C20H19F4N3O2/c1-19(2,20(22,23)24)14-6-5-12(7-15(14)21)28-10-13-9-27-17(11-3-4-11)16(8-25)26-18(27)29-13/h5-7,11,13H,3-4,9-10H2,1-2H3/t13-/m0/s1. The van der Waals surface area contributed by atoms with Crippen molar-refractivity contribution in [2.45, 2.75) is 56.8 Å². The summed E-state index contributed by atoms with van der Waals surface area (Å²) in [6, 6.07) is 5.84. The molecule has 0 spiro atoms. The Hall–Kier alpha value is -2.76. The highest BCUT2D eigenvalue weighted by molar-refractivity contribution is 5.37. The smallest absolute Gasteiger partial charge is 0.398 e. The van der Waals surface area contributed by atoms with Crippen LogP contribution in [0, 0.1) is 17.1 Å². The first-order valence-corrected chi connectivity index (χ1v) is 9.28. The zero-order valence-electron chi connectivity index (χ0n) is 15.9. The van der Waals surface area contributed by atoms with Gasteiger partial charge in [-0.1, -0.05) is 6.07 Å². The first-order chi connectivity index (χ1) is 13.6. The van der Waals surface area contributed by atoms with E-state index in [4.69, 9.17) is 9.47 Å². The summed E-state index contributed by atoms with van der Waals surface area (Å²) < 4.78 is 66.9. The maximum atomic E-state index is 14.3. The summed E-state index contributed by atoms with van der Waals surface area (Å²) in [6.07, 6.45) is -2.92. The largest absolute Gasteiger partial charge is 0.490 e. The van der Waals surface area contributed by atoms with Crippen molar-refractivity contribution in [2.24, 2.45) is 0 Å². The average Bonchev–Trinajstić information content (AvgIpc) is 3.30. The summed E-state index contributed by atoms with van der Waals surface area (Å²) in [5, 5.41) is 9.21. The van der Waals surface area contributed by atoms with Gasteiger partial charge in [0.05, 0.1) is 17.7 Å². The molecule has 5 nitrogen and oxygen atoms in total. The van der Waals surface area contributed by atoms with Crippen LogP contribution in [0.5, 0.6) is 11.8 Å². The van der Waals surface area contributed by atoms with Crippen molar-refractivity contribution in [3.8, 4) is 17.8 Å². The van der Waals surface area contributed by atoms with Gasteiger partial charge in [0.1, 0.15) is 24.2 Å². The molecule has 1 aliphatic heterocycles. The van der Waals surface area contributed by atoms with Gasteiger partial charge in [0.25, 0.3) is 6.01 Å². The van der Waals surface area contributed by atoms with Crippen LogP contribution in [0.3, 0.4) is 0 Å². The number of ether oxygens (including phenoxy) is 2. The van der Waals surface area contributed by atoms with Crippen LogP contribution in [0.1, 0.15) is 49.6 Å². The quantitative estimate of drug-likeness (QED) is 0.685. The molecule has 154 valence electrons. The first-order valence-electron chi connectivity index (χ1n) is 9.28. The molecular formula is C20H19F4N3O2. The zero-order chi connectivity index (χ0) is 21.0. The maximum Gasteiger partial charge on any atom is 0.398 e. The van der Waals surface area contributed by atoms with E-state index >= 15 is 0 Å². The number of fused-ring (bicyclic) bond motifs is 1. The van der Waals surface area contributed by atoms with Crippen molar-refractivity contribution < 1.29 is 27.0 Å². The van der Waals surface area contributed by atoms with E-state index < -0.39 is 23.0 Å². The van der Waals surface area contributed by atoms with Crippen molar-refractivity contribution in [3.63, 3.8) is 0 Å². The number of hydrogen-bond donors (Lipinski definition) is 0. The van der Waals surface area contributed by atoms with E-state index in [1.165, 1.54) is 6.07 Å². The Balaban J connectivity index is 1.43. The van der Waals surface area contributed by atoms with Crippen LogP contribution in [0.25, 0.3) is 0 Å².